The summed E-state index contributed by atoms with van der Waals surface area (Å²) >= 11 is 0. The van der Waals surface area contributed by atoms with Gasteiger partial charge in [-0.1, -0.05) is 12.1 Å². The molecule has 0 bridgehead atoms. The quantitative estimate of drug-likeness (QED) is 0.343. The largest absolute Gasteiger partial charge is 0.508 e. The molecule has 0 aliphatic rings. The molecule has 1 aromatic carbocycles. The van der Waals surface area contributed by atoms with Gasteiger partial charge in [-0.15, -0.1) is 0 Å². The molecule has 0 fully saturated rings. The fourth-order valence-corrected chi connectivity index (χ4v) is 1.06. The smallest absolute Gasteiger partial charge is 0.185 e. The Bertz CT molecular complexity index is 328. The van der Waals surface area contributed by atoms with E-state index < -0.39 is 6.10 Å². The lowest BCUT2D eigenvalue weighted by atomic mass is 10.1. The van der Waals surface area contributed by atoms with Crippen LogP contribution in [0.4, 0.5) is 0 Å². The number of hydrogen-bond donors (Lipinski definition) is 5. The Morgan fingerprint density at radius 1 is 1.57 bits per heavy atom. The van der Waals surface area contributed by atoms with Gasteiger partial charge >= 0.3 is 0 Å². The van der Waals surface area contributed by atoms with E-state index in [1.54, 1.807) is 12.1 Å². The highest BCUT2D eigenvalue weighted by Gasteiger charge is 2.07. The summed E-state index contributed by atoms with van der Waals surface area (Å²) in [5.41, 5.74) is 5.64. The van der Waals surface area contributed by atoms with Crippen LogP contribution in [0.15, 0.2) is 24.3 Å². The second kappa shape index (κ2) is 4.48. The van der Waals surface area contributed by atoms with Crippen LogP contribution in [0.2, 0.25) is 0 Å². The van der Waals surface area contributed by atoms with Gasteiger partial charge in [-0.2, -0.15) is 0 Å². The van der Waals surface area contributed by atoms with Gasteiger partial charge < -0.3 is 21.3 Å². The zero-order chi connectivity index (χ0) is 10.6. The number of aromatic hydroxyl groups is 1. The third kappa shape index (κ3) is 2.95. The van der Waals surface area contributed by atoms with E-state index in [9.17, 15) is 5.11 Å². The zero-order valence-corrected chi connectivity index (χ0v) is 7.57. The highest BCUT2D eigenvalue weighted by atomic mass is 16.3. The van der Waals surface area contributed by atoms with E-state index >= 15 is 0 Å². The van der Waals surface area contributed by atoms with E-state index in [4.69, 9.17) is 16.2 Å². The molecule has 0 aromatic heterocycles. The predicted octanol–water partition coefficient (Wildman–Crippen LogP) is -0.0913. The minimum Gasteiger partial charge on any atom is -0.508 e. The van der Waals surface area contributed by atoms with Gasteiger partial charge in [0.05, 0.1) is 6.10 Å². The van der Waals surface area contributed by atoms with Crippen molar-refractivity contribution >= 4 is 5.96 Å². The molecule has 5 heteroatoms. The summed E-state index contributed by atoms with van der Waals surface area (Å²) < 4.78 is 0. The second-order valence-corrected chi connectivity index (χ2v) is 2.91. The van der Waals surface area contributed by atoms with Crippen LogP contribution < -0.4 is 11.1 Å². The fraction of sp³-hybridized carbons (Fsp3) is 0.222. The molecule has 14 heavy (non-hydrogen) atoms. The lowest BCUT2D eigenvalue weighted by molar-refractivity contribution is 0.180. The number of nitrogens with two attached hydrogens (primary N) is 1. The number of benzene rings is 1. The number of guanidine groups is 1. The molecule has 0 heterocycles. The van der Waals surface area contributed by atoms with Gasteiger partial charge in [0.1, 0.15) is 5.75 Å². The molecule has 0 amide bonds. The topological polar surface area (TPSA) is 102 Å². The maximum atomic E-state index is 9.57. The van der Waals surface area contributed by atoms with Gasteiger partial charge in [0.2, 0.25) is 0 Å². The van der Waals surface area contributed by atoms with Crippen LogP contribution in [-0.4, -0.2) is 22.7 Å². The van der Waals surface area contributed by atoms with E-state index in [0.717, 1.165) is 0 Å². The summed E-state index contributed by atoms with van der Waals surface area (Å²) in [6.45, 7) is 0.152. The molecular formula is C9H13N3O2. The van der Waals surface area contributed by atoms with Crippen molar-refractivity contribution in [1.82, 2.24) is 5.32 Å². The van der Waals surface area contributed by atoms with E-state index in [2.05, 4.69) is 5.32 Å². The van der Waals surface area contributed by atoms with Crippen molar-refractivity contribution in [1.29, 1.82) is 5.41 Å². The minimum absolute atomic E-state index is 0.101. The lowest BCUT2D eigenvalue weighted by Gasteiger charge is -2.11. The summed E-state index contributed by atoms with van der Waals surface area (Å²) in [6, 6.07) is 6.31. The van der Waals surface area contributed by atoms with Gasteiger partial charge in [0.15, 0.2) is 5.96 Å². The van der Waals surface area contributed by atoms with Crippen molar-refractivity contribution in [3.63, 3.8) is 0 Å². The SMILES string of the molecule is N=C(N)NC[C@H](O)c1cccc(O)c1. The molecule has 0 aliphatic heterocycles. The Morgan fingerprint density at radius 3 is 2.86 bits per heavy atom. The van der Waals surface area contributed by atoms with Crippen molar-refractivity contribution in [3.8, 4) is 5.75 Å². The molecule has 1 aromatic rings. The van der Waals surface area contributed by atoms with Crippen LogP contribution in [-0.2, 0) is 0 Å². The maximum absolute atomic E-state index is 9.57. The predicted molar refractivity (Wildman–Crippen MR) is 53.0 cm³/mol. The monoisotopic (exact) mass is 195 g/mol. The summed E-state index contributed by atoms with van der Waals surface area (Å²) in [7, 11) is 0. The summed E-state index contributed by atoms with van der Waals surface area (Å²) in [5, 5.41) is 28.1. The van der Waals surface area contributed by atoms with E-state index in [-0.39, 0.29) is 18.3 Å². The third-order valence-corrected chi connectivity index (χ3v) is 1.74. The summed E-state index contributed by atoms with van der Waals surface area (Å²) in [6.07, 6.45) is -0.786. The summed E-state index contributed by atoms with van der Waals surface area (Å²) in [5.74, 6) is -0.0893. The maximum Gasteiger partial charge on any atom is 0.185 e. The van der Waals surface area contributed by atoms with Gasteiger partial charge in [-0.05, 0) is 17.7 Å². The molecule has 5 nitrogen and oxygen atoms in total. The van der Waals surface area contributed by atoms with Gasteiger partial charge in [0, 0.05) is 6.54 Å². The van der Waals surface area contributed by atoms with Crippen LogP contribution in [0.25, 0.3) is 0 Å². The highest BCUT2D eigenvalue weighted by molar-refractivity contribution is 5.74. The molecule has 0 spiro atoms. The molecule has 0 radical (unpaired) electrons. The standard InChI is InChI=1S/C9H13N3O2/c10-9(11)12-5-8(14)6-2-1-3-7(13)4-6/h1-4,8,13-14H,5H2,(H4,10,11,12)/t8-/m0/s1. The Kier molecular flexibility index (Phi) is 3.30. The van der Waals surface area contributed by atoms with Gasteiger partial charge in [-0.3, -0.25) is 5.41 Å². The number of aliphatic hydroxyl groups is 1. The molecule has 0 saturated heterocycles. The molecule has 0 aliphatic carbocycles. The van der Waals surface area contributed by atoms with Crippen LogP contribution >= 0.6 is 0 Å². The minimum atomic E-state index is -0.786. The normalized spacial score (nSPS) is 12.1. The number of rotatable bonds is 3. The van der Waals surface area contributed by atoms with Gasteiger partial charge in [-0.25, -0.2) is 0 Å². The molecule has 1 atom stereocenters. The number of aliphatic hydroxyl groups excluding tert-OH is 1. The average Bonchev–Trinajstić information content (AvgIpc) is 2.14. The Hall–Kier alpha value is -1.75. The van der Waals surface area contributed by atoms with Gasteiger partial charge in [0.25, 0.3) is 0 Å². The summed E-state index contributed by atoms with van der Waals surface area (Å²) in [4.78, 5) is 0. The number of hydrogen-bond acceptors (Lipinski definition) is 3. The first kappa shape index (κ1) is 10.3. The van der Waals surface area contributed by atoms with Crippen molar-refractivity contribution in [2.45, 2.75) is 6.10 Å². The van der Waals surface area contributed by atoms with Crippen molar-refractivity contribution < 1.29 is 10.2 Å². The molecule has 0 unspecified atom stereocenters. The number of nitrogens with one attached hydrogen (secondary N) is 2. The molecule has 6 N–H and O–H groups in total. The average molecular weight is 195 g/mol. The molecule has 1 rings (SSSR count). The molecular weight excluding hydrogens is 182 g/mol. The number of phenols is 1. The van der Waals surface area contributed by atoms with Crippen LogP contribution in [0.3, 0.4) is 0 Å². The van der Waals surface area contributed by atoms with E-state index in [1.165, 1.54) is 12.1 Å². The van der Waals surface area contributed by atoms with Crippen LogP contribution in [0.1, 0.15) is 11.7 Å². The number of phenolic OH excluding ortho intramolecular Hbond substituents is 1. The second-order valence-electron chi connectivity index (χ2n) is 2.91. The zero-order valence-electron chi connectivity index (χ0n) is 7.57. The van der Waals surface area contributed by atoms with Crippen molar-refractivity contribution in [2.75, 3.05) is 6.54 Å². The van der Waals surface area contributed by atoms with Crippen molar-refractivity contribution in [2.24, 2.45) is 5.73 Å². The van der Waals surface area contributed by atoms with Crippen LogP contribution in [0.5, 0.6) is 5.75 Å². The first-order valence-electron chi connectivity index (χ1n) is 4.14. The Balaban J connectivity index is 2.60. The van der Waals surface area contributed by atoms with E-state index in [0.29, 0.717) is 5.56 Å². The van der Waals surface area contributed by atoms with Crippen molar-refractivity contribution in [3.05, 3.63) is 29.8 Å². The molecule has 76 valence electrons. The highest BCUT2D eigenvalue weighted by Crippen LogP contribution is 2.17. The Morgan fingerprint density at radius 2 is 2.29 bits per heavy atom. The lowest BCUT2D eigenvalue weighted by Crippen LogP contribution is -2.33. The molecule has 0 saturated carbocycles. The fourth-order valence-electron chi connectivity index (χ4n) is 1.06. The first-order chi connectivity index (χ1) is 6.59. The van der Waals surface area contributed by atoms with Crippen LogP contribution in [0, 0.1) is 5.41 Å². The first-order valence-corrected chi connectivity index (χ1v) is 4.14. The third-order valence-electron chi connectivity index (χ3n) is 1.74. The van der Waals surface area contributed by atoms with E-state index in [1.807, 2.05) is 0 Å². The Labute approximate surface area is 81.7 Å².